The van der Waals surface area contributed by atoms with Gasteiger partial charge >= 0.3 is 0 Å². The first-order valence-electron chi connectivity index (χ1n) is 7.42. The molecule has 4 nitrogen and oxygen atoms in total. The van der Waals surface area contributed by atoms with Crippen LogP contribution in [0.2, 0.25) is 5.02 Å². The van der Waals surface area contributed by atoms with Gasteiger partial charge in [-0.2, -0.15) is 5.26 Å². The summed E-state index contributed by atoms with van der Waals surface area (Å²) in [5, 5.41) is 12.5. The van der Waals surface area contributed by atoms with E-state index in [1.165, 1.54) is 18.7 Å². The first-order chi connectivity index (χ1) is 11.5. The standard InChI is InChI=1S/C19H17ClN2O2/c1-3-13-4-6-17(7-5-13)22-19(23)15(12-21)8-14-9-16(20)11-18(10-14)24-2/h4-11H,3H2,1-2H3,(H,22,23)/b15-8+. The number of nitrogens with zero attached hydrogens (tertiary/aromatic N) is 1. The monoisotopic (exact) mass is 340 g/mol. The van der Waals surface area contributed by atoms with Crippen LogP contribution in [0.4, 0.5) is 5.69 Å². The second-order valence-electron chi connectivity index (χ2n) is 5.10. The Kier molecular flexibility index (Phi) is 6.00. The van der Waals surface area contributed by atoms with E-state index in [9.17, 15) is 10.1 Å². The van der Waals surface area contributed by atoms with Crippen molar-refractivity contribution in [2.75, 3.05) is 12.4 Å². The molecule has 0 aromatic heterocycles. The van der Waals surface area contributed by atoms with E-state index in [-0.39, 0.29) is 5.57 Å². The van der Waals surface area contributed by atoms with Gasteiger partial charge < -0.3 is 10.1 Å². The lowest BCUT2D eigenvalue weighted by Crippen LogP contribution is -2.13. The summed E-state index contributed by atoms with van der Waals surface area (Å²) in [5.41, 5.74) is 2.42. The molecule has 0 unspecified atom stereocenters. The van der Waals surface area contributed by atoms with Crippen LogP contribution in [0.1, 0.15) is 18.1 Å². The van der Waals surface area contributed by atoms with Crippen molar-refractivity contribution in [2.45, 2.75) is 13.3 Å². The molecule has 0 spiro atoms. The first-order valence-corrected chi connectivity index (χ1v) is 7.80. The third-order valence-electron chi connectivity index (χ3n) is 3.43. The molecule has 0 heterocycles. The SMILES string of the molecule is CCc1ccc(NC(=O)/C(C#N)=C/c2cc(Cl)cc(OC)c2)cc1. The number of nitrogens with one attached hydrogen (secondary N) is 1. The number of aryl methyl sites for hydroxylation is 1. The van der Waals surface area contributed by atoms with Crippen LogP contribution >= 0.6 is 11.6 Å². The molecular formula is C19H17ClN2O2. The van der Waals surface area contributed by atoms with Crippen molar-refractivity contribution in [3.63, 3.8) is 0 Å². The zero-order chi connectivity index (χ0) is 17.5. The van der Waals surface area contributed by atoms with Crippen molar-refractivity contribution < 1.29 is 9.53 Å². The molecule has 0 radical (unpaired) electrons. The van der Waals surface area contributed by atoms with Gasteiger partial charge in [0.2, 0.25) is 0 Å². The Labute approximate surface area is 146 Å². The maximum Gasteiger partial charge on any atom is 0.266 e. The fourth-order valence-electron chi connectivity index (χ4n) is 2.12. The Bertz CT molecular complexity index is 805. The molecule has 0 bridgehead atoms. The maximum absolute atomic E-state index is 12.3. The Morgan fingerprint density at radius 1 is 1.29 bits per heavy atom. The van der Waals surface area contributed by atoms with Gasteiger partial charge in [0, 0.05) is 10.7 Å². The Morgan fingerprint density at radius 3 is 2.58 bits per heavy atom. The van der Waals surface area contributed by atoms with E-state index >= 15 is 0 Å². The molecule has 2 rings (SSSR count). The zero-order valence-electron chi connectivity index (χ0n) is 13.5. The molecule has 2 aromatic rings. The number of rotatable bonds is 5. The summed E-state index contributed by atoms with van der Waals surface area (Å²) in [6.07, 6.45) is 2.40. The number of methoxy groups -OCH3 is 1. The second-order valence-corrected chi connectivity index (χ2v) is 5.54. The summed E-state index contributed by atoms with van der Waals surface area (Å²) in [7, 11) is 1.52. The molecule has 2 aromatic carbocycles. The fourth-order valence-corrected chi connectivity index (χ4v) is 2.36. The van der Waals surface area contributed by atoms with E-state index in [2.05, 4.69) is 12.2 Å². The molecule has 0 aliphatic heterocycles. The summed E-state index contributed by atoms with van der Waals surface area (Å²) in [6.45, 7) is 2.06. The second kappa shape index (κ2) is 8.19. The van der Waals surface area contributed by atoms with Gasteiger partial charge in [-0.15, -0.1) is 0 Å². The summed E-state index contributed by atoms with van der Waals surface area (Å²) >= 11 is 6.00. The molecule has 1 N–H and O–H groups in total. The molecular weight excluding hydrogens is 324 g/mol. The number of carbonyl (C=O) groups is 1. The minimum Gasteiger partial charge on any atom is -0.497 e. The Hall–Kier alpha value is -2.77. The van der Waals surface area contributed by atoms with Crippen LogP contribution in [0.25, 0.3) is 6.08 Å². The lowest BCUT2D eigenvalue weighted by atomic mass is 10.1. The topological polar surface area (TPSA) is 62.1 Å². The Balaban J connectivity index is 2.22. The number of hydrogen-bond donors (Lipinski definition) is 1. The van der Waals surface area contributed by atoms with Crippen LogP contribution < -0.4 is 10.1 Å². The van der Waals surface area contributed by atoms with Crippen molar-refractivity contribution >= 4 is 29.3 Å². The van der Waals surface area contributed by atoms with E-state index in [1.54, 1.807) is 18.2 Å². The van der Waals surface area contributed by atoms with Crippen LogP contribution in [0.5, 0.6) is 5.75 Å². The van der Waals surface area contributed by atoms with Crippen molar-refractivity contribution in [2.24, 2.45) is 0 Å². The fraction of sp³-hybridized carbons (Fsp3) is 0.158. The van der Waals surface area contributed by atoms with Gasteiger partial charge in [-0.05, 0) is 54.0 Å². The third-order valence-corrected chi connectivity index (χ3v) is 3.64. The van der Waals surface area contributed by atoms with Gasteiger partial charge in [-0.25, -0.2) is 0 Å². The highest BCUT2D eigenvalue weighted by molar-refractivity contribution is 6.30. The highest BCUT2D eigenvalue weighted by Gasteiger charge is 2.10. The van der Waals surface area contributed by atoms with Crippen LogP contribution in [0.15, 0.2) is 48.0 Å². The maximum atomic E-state index is 12.3. The molecule has 1 amide bonds. The van der Waals surface area contributed by atoms with Crippen molar-refractivity contribution in [3.8, 4) is 11.8 Å². The first kappa shape index (κ1) is 17.6. The molecule has 122 valence electrons. The minimum atomic E-state index is -0.472. The van der Waals surface area contributed by atoms with Crippen molar-refractivity contribution in [1.29, 1.82) is 5.26 Å². The van der Waals surface area contributed by atoms with Crippen LogP contribution in [0, 0.1) is 11.3 Å². The zero-order valence-corrected chi connectivity index (χ0v) is 14.2. The van der Waals surface area contributed by atoms with Gasteiger partial charge in [0.1, 0.15) is 17.4 Å². The average Bonchev–Trinajstić information content (AvgIpc) is 2.59. The van der Waals surface area contributed by atoms with E-state index < -0.39 is 5.91 Å². The van der Waals surface area contributed by atoms with E-state index in [1.807, 2.05) is 30.3 Å². The third kappa shape index (κ3) is 4.61. The number of benzene rings is 2. The lowest BCUT2D eigenvalue weighted by Gasteiger charge is -2.06. The van der Waals surface area contributed by atoms with Gasteiger partial charge in [0.05, 0.1) is 7.11 Å². The van der Waals surface area contributed by atoms with Crippen molar-refractivity contribution in [3.05, 3.63) is 64.2 Å². The van der Waals surface area contributed by atoms with Gasteiger partial charge in [0.15, 0.2) is 0 Å². The van der Waals surface area contributed by atoms with Crippen LogP contribution in [0.3, 0.4) is 0 Å². The number of halogens is 1. The van der Waals surface area contributed by atoms with Gasteiger partial charge in [-0.3, -0.25) is 4.79 Å². The number of amides is 1. The number of ether oxygens (including phenoxy) is 1. The quantitative estimate of drug-likeness (QED) is 0.645. The predicted molar refractivity (Wildman–Crippen MR) is 96.0 cm³/mol. The van der Waals surface area contributed by atoms with Crippen molar-refractivity contribution in [1.82, 2.24) is 0 Å². The summed E-state index contributed by atoms with van der Waals surface area (Å²) in [5.74, 6) is 0.0855. The predicted octanol–water partition coefficient (Wildman–Crippen LogP) is 4.46. The number of anilines is 1. The molecule has 0 aliphatic carbocycles. The molecule has 5 heteroatoms. The summed E-state index contributed by atoms with van der Waals surface area (Å²) in [6, 6.07) is 14.4. The number of nitriles is 1. The number of hydrogen-bond acceptors (Lipinski definition) is 3. The van der Waals surface area contributed by atoms with Crippen LogP contribution in [-0.4, -0.2) is 13.0 Å². The molecule has 0 saturated heterocycles. The smallest absolute Gasteiger partial charge is 0.266 e. The number of carbonyl (C=O) groups excluding carboxylic acids is 1. The molecule has 0 aliphatic rings. The van der Waals surface area contributed by atoms with E-state index in [0.717, 1.165) is 6.42 Å². The van der Waals surface area contributed by atoms with Crippen LogP contribution in [-0.2, 0) is 11.2 Å². The largest absolute Gasteiger partial charge is 0.497 e. The lowest BCUT2D eigenvalue weighted by molar-refractivity contribution is -0.112. The normalized spacial score (nSPS) is 10.8. The average molecular weight is 341 g/mol. The van der Waals surface area contributed by atoms with E-state index in [0.29, 0.717) is 22.0 Å². The molecule has 0 atom stereocenters. The Morgan fingerprint density at radius 2 is 2.00 bits per heavy atom. The highest BCUT2D eigenvalue weighted by Crippen LogP contribution is 2.22. The molecule has 0 saturated carbocycles. The summed E-state index contributed by atoms with van der Waals surface area (Å²) in [4.78, 5) is 12.3. The summed E-state index contributed by atoms with van der Waals surface area (Å²) < 4.78 is 5.13. The minimum absolute atomic E-state index is 0.0149. The molecule has 0 fully saturated rings. The highest BCUT2D eigenvalue weighted by atomic mass is 35.5. The van der Waals surface area contributed by atoms with E-state index in [4.69, 9.17) is 16.3 Å². The molecule has 24 heavy (non-hydrogen) atoms. The van der Waals surface area contributed by atoms with Gasteiger partial charge in [-0.1, -0.05) is 30.7 Å². The van der Waals surface area contributed by atoms with Gasteiger partial charge in [0.25, 0.3) is 5.91 Å².